The number of para-hydroxylation sites is 1. The predicted molar refractivity (Wildman–Crippen MR) is 73.3 cm³/mol. The second-order valence-electron chi connectivity index (χ2n) is 3.75. The molecular formula is C11H17ClN4O2. The van der Waals surface area contributed by atoms with Crippen molar-refractivity contribution < 1.29 is 9.90 Å². The number of carboxylic acids is 1. The lowest BCUT2D eigenvalue weighted by Crippen LogP contribution is -2.35. The summed E-state index contributed by atoms with van der Waals surface area (Å²) in [7, 11) is 1.82. The number of anilines is 1. The van der Waals surface area contributed by atoms with Gasteiger partial charge in [-0.3, -0.25) is 5.41 Å². The molecule has 1 aromatic carbocycles. The number of nitrogens with zero attached hydrogens (tertiary/aromatic N) is 1. The fourth-order valence-electron chi connectivity index (χ4n) is 1.79. The minimum atomic E-state index is -0.751. The van der Waals surface area contributed by atoms with E-state index in [2.05, 4.69) is 11.5 Å². The summed E-state index contributed by atoms with van der Waals surface area (Å²) >= 11 is 0. The van der Waals surface area contributed by atoms with Crippen LogP contribution in [0.3, 0.4) is 0 Å². The van der Waals surface area contributed by atoms with Gasteiger partial charge in [0, 0.05) is 19.2 Å². The summed E-state index contributed by atoms with van der Waals surface area (Å²) < 4.78 is 0. The molecule has 0 saturated carbocycles. The van der Waals surface area contributed by atoms with Gasteiger partial charge in [-0.1, -0.05) is 18.2 Å². The van der Waals surface area contributed by atoms with Crippen molar-refractivity contribution in [3.63, 3.8) is 0 Å². The van der Waals surface area contributed by atoms with E-state index in [1.54, 1.807) is 0 Å². The van der Waals surface area contributed by atoms with Crippen LogP contribution in [0.15, 0.2) is 24.3 Å². The molecule has 0 amide bonds. The van der Waals surface area contributed by atoms with Crippen molar-refractivity contribution in [2.45, 2.75) is 12.5 Å². The predicted octanol–water partition coefficient (Wildman–Crippen LogP) is 0.392. The molecule has 6 N–H and O–H groups in total. The van der Waals surface area contributed by atoms with Crippen LogP contribution in [0.5, 0.6) is 0 Å². The lowest BCUT2D eigenvalue weighted by Gasteiger charge is -2.18. The smallest absolute Gasteiger partial charge is 0.326 e. The highest BCUT2D eigenvalue weighted by Gasteiger charge is 2.31. The molecule has 1 heterocycles. The molecule has 0 fully saturated rings. The Balaban J connectivity index is 0.000000512. The van der Waals surface area contributed by atoms with Crippen LogP contribution in [-0.4, -0.2) is 30.1 Å². The van der Waals surface area contributed by atoms with Gasteiger partial charge in [0.15, 0.2) is 5.96 Å². The SMILES string of the molecule is CN1c2ccccc2CC1C(=O)O.Cl.N=C(N)N. The highest BCUT2D eigenvalue weighted by molar-refractivity contribution is 5.85. The van der Waals surface area contributed by atoms with E-state index in [0.717, 1.165) is 11.3 Å². The lowest BCUT2D eigenvalue weighted by atomic mass is 10.1. The summed E-state index contributed by atoms with van der Waals surface area (Å²) in [5.41, 5.74) is 11.1. The molecular weight excluding hydrogens is 256 g/mol. The van der Waals surface area contributed by atoms with E-state index < -0.39 is 12.0 Å². The van der Waals surface area contributed by atoms with E-state index in [4.69, 9.17) is 10.5 Å². The van der Waals surface area contributed by atoms with Crippen LogP contribution in [0, 0.1) is 5.41 Å². The van der Waals surface area contributed by atoms with Gasteiger partial charge < -0.3 is 21.5 Å². The maximum atomic E-state index is 10.8. The number of fused-ring (bicyclic) bond motifs is 1. The van der Waals surface area contributed by atoms with E-state index in [1.807, 2.05) is 36.2 Å². The Morgan fingerprint density at radius 3 is 2.39 bits per heavy atom. The standard InChI is InChI=1S/C10H11NO2.CH5N3.ClH/c1-11-8-5-3-2-4-7(8)6-9(11)10(12)13;2-1(3)4;/h2-5,9H,6H2,1H3,(H,12,13);(H5,2,3,4);1H. The molecule has 0 bridgehead atoms. The first-order chi connectivity index (χ1) is 7.93. The molecule has 1 aliphatic heterocycles. The number of aliphatic carboxylic acids is 1. The van der Waals surface area contributed by atoms with E-state index in [9.17, 15) is 4.79 Å². The Hall–Kier alpha value is -1.95. The zero-order valence-electron chi connectivity index (χ0n) is 9.96. The van der Waals surface area contributed by atoms with Gasteiger partial charge in [-0.05, 0) is 11.6 Å². The van der Waals surface area contributed by atoms with Crippen LogP contribution in [0.25, 0.3) is 0 Å². The number of guanidine groups is 1. The third kappa shape index (κ3) is 3.81. The maximum Gasteiger partial charge on any atom is 0.326 e. The Morgan fingerprint density at radius 2 is 1.94 bits per heavy atom. The van der Waals surface area contributed by atoms with Crippen LogP contribution in [0.1, 0.15) is 5.56 Å². The van der Waals surface area contributed by atoms with Gasteiger partial charge in [0.25, 0.3) is 0 Å². The van der Waals surface area contributed by atoms with Crippen LogP contribution in [0.2, 0.25) is 0 Å². The van der Waals surface area contributed by atoms with Gasteiger partial charge in [0.2, 0.25) is 0 Å². The van der Waals surface area contributed by atoms with E-state index in [1.165, 1.54) is 0 Å². The van der Waals surface area contributed by atoms with Crippen molar-refractivity contribution in [2.24, 2.45) is 11.5 Å². The summed E-state index contributed by atoms with van der Waals surface area (Å²) in [5, 5.41) is 15.0. The van der Waals surface area contributed by atoms with Gasteiger partial charge in [-0.15, -0.1) is 12.4 Å². The zero-order chi connectivity index (χ0) is 13.0. The summed E-state index contributed by atoms with van der Waals surface area (Å²) in [6, 6.07) is 7.42. The zero-order valence-corrected chi connectivity index (χ0v) is 10.8. The van der Waals surface area contributed by atoms with E-state index >= 15 is 0 Å². The number of rotatable bonds is 1. The van der Waals surface area contributed by atoms with Crippen molar-refractivity contribution in [1.82, 2.24) is 0 Å². The van der Waals surface area contributed by atoms with Crippen LogP contribution < -0.4 is 16.4 Å². The van der Waals surface area contributed by atoms with Gasteiger partial charge in [-0.25, -0.2) is 4.79 Å². The second kappa shape index (κ2) is 6.70. The normalized spacial score (nSPS) is 15.8. The molecule has 1 atom stereocenters. The topological polar surface area (TPSA) is 116 Å². The lowest BCUT2D eigenvalue weighted by molar-refractivity contribution is -0.138. The minimum Gasteiger partial charge on any atom is -0.480 e. The van der Waals surface area contributed by atoms with Gasteiger partial charge in [0.05, 0.1) is 0 Å². The fourth-order valence-corrected chi connectivity index (χ4v) is 1.79. The average Bonchev–Trinajstić information content (AvgIpc) is 2.56. The van der Waals surface area contributed by atoms with Gasteiger partial charge in [-0.2, -0.15) is 0 Å². The largest absolute Gasteiger partial charge is 0.480 e. The number of nitrogens with two attached hydrogens (primary N) is 2. The molecule has 0 radical (unpaired) electrons. The summed E-state index contributed by atoms with van der Waals surface area (Å²) in [6.45, 7) is 0. The number of likely N-dealkylation sites (N-methyl/N-ethyl adjacent to an activating group) is 1. The van der Waals surface area contributed by atoms with Crippen molar-refractivity contribution >= 4 is 30.0 Å². The second-order valence-corrected chi connectivity index (χ2v) is 3.75. The first-order valence-electron chi connectivity index (χ1n) is 5.06. The summed E-state index contributed by atoms with van der Waals surface area (Å²) in [4.78, 5) is 12.7. The van der Waals surface area contributed by atoms with Crippen molar-refractivity contribution in [3.8, 4) is 0 Å². The average molecular weight is 273 g/mol. The third-order valence-electron chi connectivity index (χ3n) is 2.54. The highest BCUT2D eigenvalue weighted by atomic mass is 35.5. The quantitative estimate of drug-likeness (QED) is 0.436. The Bertz CT molecular complexity index is 435. The molecule has 18 heavy (non-hydrogen) atoms. The van der Waals surface area contributed by atoms with Crippen molar-refractivity contribution in [2.75, 3.05) is 11.9 Å². The Labute approximate surface area is 111 Å². The van der Waals surface area contributed by atoms with E-state index in [0.29, 0.717) is 6.42 Å². The third-order valence-corrected chi connectivity index (χ3v) is 2.54. The minimum absolute atomic E-state index is 0. The number of benzene rings is 1. The molecule has 6 nitrogen and oxygen atoms in total. The van der Waals surface area contributed by atoms with Gasteiger partial charge in [0.1, 0.15) is 6.04 Å². The van der Waals surface area contributed by atoms with Crippen LogP contribution in [-0.2, 0) is 11.2 Å². The number of hydrogen-bond donors (Lipinski definition) is 4. The molecule has 100 valence electrons. The number of carbonyl (C=O) groups is 1. The Kier molecular flexibility index (Phi) is 5.98. The van der Waals surface area contributed by atoms with E-state index in [-0.39, 0.29) is 18.4 Å². The highest BCUT2D eigenvalue weighted by Crippen LogP contribution is 2.30. The van der Waals surface area contributed by atoms with Crippen molar-refractivity contribution in [3.05, 3.63) is 29.8 Å². The first-order valence-corrected chi connectivity index (χ1v) is 5.06. The monoisotopic (exact) mass is 272 g/mol. The van der Waals surface area contributed by atoms with Crippen LogP contribution in [0.4, 0.5) is 5.69 Å². The molecule has 2 rings (SSSR count). The molecule has 0 aromatic heterocycles. The molecule has 1 aromatic rings. The molecule has 0 aliphatic carbocycles. The number of nitrogens with one attached hydrogen (secondary N) is 1. The Morgan fingerprint density at radius 1 is 1.44 bits per heavy atom. The summed E-state index contributed by atoms with van der Waals surface area (Å²) in [5.74, 6) is -1.08. The molecule has 0 saturated heterocycles. The van der Waals surface area contributed by atoms with Crippen molar-refractivity contribution in [1.29, 1.82) is 5.41 Å². The molecule has 1 unspecified atom stereocenters. The molecule has 7 heteroatoms. The first kappa shape index (κ1) is 16.1. The van der Waals surface area contributed by atoms with Gasteiger partial charge >= 0.3 is 5.97 Å². The summed E-state index contributed by atoms with van der Waals surface area (Å²) in [6.07, 6.45) is 0.613. The molecule has 1 aliphatic rings. The van der Waals surface area contributed by atoms with Crippen LogP contribution >= 0.6 is 12.4 Å². The fraction of sp³-hybridized carbons (Fsp3) is 0.273. The maximum absolute atomic E-state index is 10.8. The number of carboxylic acid groups (broad SMARTS) is 1. The number of halogens is 1. The number of hydrogen-bond acceptors (Lipinski definition) is 3. The molecule has 0 spiro atoms.